The molecule has 0 aromatic carbocycles. The zero-order valence-corrected chi connectivity index (χ0v) is 29.8. The van der Waals surface area contributed by atoms with Gasteiger partial charge in [-0.1, -0.05) is 74.7 Å². The van der Waals surface area contributed by atoms with E-state index >= 15 is 0 Å². The highest BCUT2D eigenvalue weighted by molar-refractivity contribution is 6.37. The van der Waals surface area contributed by atoms with E-state index in [1.165, 1.54) is 18.2 Å². The summed E-state index contributed by atoms with van der Waals surface area (Å²) in [6.07, 6.45) is 4.34. The molecule has 12 nitrogen and oxygen atoms in total. The molecule has 4 unspecified atom stereocenters. The second kappa shape index (κ2) is 18.7. The van der Waals surface area contributed by atoms with Crippen molar-refractivity contribution in [3.8, 4) is 0 Å². The highest BCUT2D eigenvalue weighted by atomic mass is 16.6. The number of rotatable bonds is 10. The van der Waals surface area contributed by atoms with Crippen molar-refractivity contribution >= 4 is 35.5 Å². The molecule has 2 fully saturated rings. The second-order valence-corrected chi connectivity index (χ2v) is 14.8. The van der Waals surface area contributed by atoms with Crippen molar-refractivity contribution in [2.24, 2.45) is 23.0 Å². The van der Waals surface area contributed by atoms with Crippen LogP contribution in [-0.4, -0.2) is 76.7 Å². The minimum Gasteiger partial charge on any atom is -0.458 e. The van der Waals surface area contributed by atoms with E-state index in [1.54, 1.807) is 41.5 Å². The van der Waals surface area contributed by atoms with Crippen LogP contribution in [0.1, 0.15) is 122 Å². The molecule has 2 aliphatic rings. The lowest BCUT2D eigenvalue weighted by Gasteiger charge is -2.35. The van der Waals surface area contributed by atoms with Gasteiger partial charge in [0, 0.05) is 6.54 Å². The summed E-state index contributed by atoms with van der Waals surface area (Å²) in [7, 11) is 0. The quantitative estimate of drug-likeness (QED) is 0.207. The number of carbonyl (C=O) groups is 6. The van der Waals surface area contributed by atoms with Crippen LogP contribution in [0, 0.1) is 17.3 Å². The minimum atomic E-state index is -1.11. The van der Waals surface area contributed by atoms with E-state index in [0.29, 0.717) is 19.3 Å². The molecule has 1 aliphatic heterocycles. The predicted octanol–water partition coefficient (Wildman–Crippen LogP) is 3.84. The Hall–Kier alpha value is -3.18. The fraction of sp³-hybridized carbons (Fsp3) is 0.818. The Morgan fingerprint density at radius 1 is 0.867 bits per heavy atom. The number of carbonyl (C=O) groups excluding carboxylic acids is 6. The van der Waals surface area contributed by atoms with Crippen molar-refractivity contribution in [1.82, 2.24) is 20.9 Å². The molecule has 0 radical (unpaired) electrons. The lowest BCUT2D eigenvalue weighted by atomic mass is 9.85. The van der Waals surface area contributed by atoms with Crippen molar-refractivity contribution in [3.63, 3.8) is 0 Å². The van der Waals surface area contributed by atoms with Crippen molar-refractivity contribution < 1.29 is 33.5 Å². The molecule has 0 aromatic rings. The lowest BCUT2D eigenvalue weighted by molar-refractivity contribution is -0.156. The van der Waals surface area contributed by atoms with Gasteiger partial charge in [-0.15, -0.1) is 0 Å². The Kier molecular flexibility index (Phi) is 17.4. The Labute approximate surface area is 270 Å². The maximum atomic E-state index is 13.6. The molecule has 1 aliphatic carbocycles. The summed E-state index contributed by atoms with van der Waals surface area (Å²) in [5.74, 6) is -2.50. The molecule has 5 N–H and O–H groups in total. The summed E-state index contributed by atoms with van der Waals surface area (Å²) in [4.78, 5) is 77.0. The standard InChI is InChI=1S/C26H43N5O7.C4H10.C3H8/c1-14(23(36)38-26(5,6)7)28-24(37)30-19(25(2,3)4)22(35)31-12-8-9-17(31)21(34)29-16(13-15-10-11-15)18(32)20(27)33;1-4(2)3;1-3-2/h14-17,19H,8-13H2,1-7H3,(H2,27,33)(H,29,34)(H2,28,30,37);4H,1-3H3;3H2,1-2H3. The van der Waals surface area contributed by atoms with E-state index in [-0.39, 0.29) is 12.5 Å². The zero-order chi connectivity index (χ0) is 35.3. The summed E-state index contributed by atoms with van der Waals surface area (Å²) in [5.41, 5.74) is 3.72. The molecule has 1 heterocycles. The van der Waals surface area contributed by atoms with E-state index in [4.69, 9.17) is 10.5 Å². The van der Waals surface area contributed by atoms with Crippen LogP contribution in [0.15, 0.2) is 0 Å². The number of nitrogens with one attached hydrogen (secondary N) is 3. The number of urea groups is 1. The molecular formula is C33H61N5O7. The molecule has 4 atom stereocenters. The zero-order valence-electron chi connectivity index (χ0n) is 29.8. The monoisotopic (exact) mass is 639 g/mol. The summed E-state index contributed by atoms with van der Waals surface area (Å²) in [6, 6.07) is -4.59. The number of nitrogens with zero attached hydrogens (tertiary/aromatic N) is 1. The minimum absolute atomic E-state index is 0.251. The van der Waals surface area contributed by atoms with Crippen molar-refractivity contribution in [1.29, 1.82) is 0 Å². The Morgan fingerprint density at radius 3 is 1.80 bits per heavy atom. The molecule has 5 amide bonds. The number of primary amides is 1. The van der Waals surface area contributed by atoms with Gasteiger partial charge in [0.2, 0.25) is 17.6 Å². The van der Waals surface area contributed by atoms with Gasteiger partial charge in [-0.3, -0.25) is 19.2 Å². The molecule has 45 heavy (non-hydrogen) atoms. The topological polar surface area (TPSA) is 177 Å². The average Bonchev–Trinajstić information content (AvgIpc) is 3.55. The Balaban J connectivity index is 0.00000250. The second-order valence-electron chi connectivity index (χ2n) is 14.8. The van der Waals surface area contributed by atoms with Gasteiger partial charge in [-0.2, -0.15) is 0 Å². The lowest BCUT2D eigenvalue weighted by Crippen LogP contribution is -2.60. The van der Waals surface area contributed by atoms with Crippen molar-refractivity contribution in [2.45, 2.75) is 151 Å². The number of esters is 1. The van der Waals surface area contributed by atoms with Crippen LogP contribution in [0.25, 0.3) is 0 Å². The van der Waals surface area contributed by atoms with Gasteiger partial charge in [0.25, 0.3) is 5.91 Å². The van der Waals surface area contributed by atoms with Crippen LogP contribution in [0.5, 0.6) is 0 Å². The molecular weight excluding hydrogens is 578 g/mol. The SMILES string of the molecule is CC(C)C.CC(NC(=O)NC(C(=O)N1CCCC1C(=O)NC(CC1CC1)C(=O)C(N)=O)C(C)(C)C)C(=O)OC(C)(C)C.CCC. The number of nitrogens with two attached hydrogens (primary N) is 1. The smallest absolute Gasteiger partial charge is 0.328 e. The first-order valence-electron chi connectivity index (χ1n) is 16.3. The van der Waals surface area contributed by atoms with E-state index in [2.05, 4.69) is 50.6 Å². The van der Waals surface area contributed by atoms with Crippen LogP contribution in [0.2, 0.25) is 0 Å². The van der Waals surface area contributed by atoms with Crippen LogP contribution in [0.3, 0.4) is 0 Å². The number of hydrogen-bond donors (Lipinski definition) is 4. The number of likely N-dealkylation sites (tertiary alicyclic amines) is 1. The molecule has 2 rings (SSSR count). The van der Waals surface area contributed by atoms with Crippen molar-refractivity contribution in [3.05, 3.63) is 0 Å². The van der Waals surface area contributed by atoms with Gasteiger partial charge in [0.15, 0.2) is 0 Å². The summed E-state index contributed by atoms with van der Waals surface area (Å²) in [5, 5.41) is 7.79. The highest BCUT2D eigenvalue weighted by Crippen LogP contribution is 2.34. The fourth-order valence-corrected chi connectivity index (χ4v) is 4.29. The van der Waals surface area contributed by atoms with Gasteiger partial charge < -0.3 is 31.3 Å². The van der Waals surface area contributed by atoms with Crippen LogP contribution < -0.4 is 21.7 Å². The van der Waals surface area contributed by atoms with Crippen LogP contribution in [0.4, 0.5) is 4.79 Å². The third-order valence-corrected chi connectivity index (χ3v) is 6.48. The van der Waals surface area contributed by atoms with E-state index in [0.717, 1.165) is 18.8 Å². The third-order valence-electron chi connectivity index (χ3n) is 6.48. The van der Waals surface area contributed by atoms with Gasteiger partial charge >= 0.3 is 12.0 Å². The highest BCUT2D eigenvalue weighted by Gasteiger charge is 2.43. The first kappa shape index (κ1) is 41.8. The molecule has 0 bridgehead atoms. The average molecular weight is 640 g/mol. The van der Waals surface area contributed by atoms with Gasteiger partial charge in [-0.25, -0.2) is 9.59 Å². The molecule has 260 valence electrons. The normalized spacial score (nSPS) is 18.2. The summed E-state index contributed by atoms with van der Waals surface area (Å²) in [6.45, 7) is 23.0. The Bertz CT molecular complexity index is 1010. The summed E-state index contributed by atoms with van der Waals surface area (Å²) < 4.78 is 5.28. The van der Waals surface area contributed by atoms with Gasteiger partial charge in [-0.05, 0) is 64.2 Å². The number of ketones is 1. The third kappa shape index (κ3) is 16.6. The molecule has 1 saturated carbocycles. The number of amides is 5. The Morgan fingerprint density at radius 2 is 1.38 bits per heavy atom. The van der Waals surface area contributed by atoms with Crippen LogP contribution in [-0.2, 0) is 28.7 Å². The number of ether oxygens (including phenoxy) is 1. The number of Topliss-reactive ketones (excluding diaryl/α,β-unsaturated/α-hetero) is 1. The fourth-order valence-electron chi connectivity index (χ4n) is 4.29. The number of hydrogen-bond acceptors (Lipinski definition) is 7. The molecule has 0 aromatic heterocycles. The maximum absolute atomic E-state index is 13.6. The molecule has 0 spiro atoms. The predicted molar refractivity (Wildman–Crippen MR) is 175 cm³/mol. The van der Waals surface area contributed by atoms with Crippen molar-refractivity contribution in [2.75, 3.05) is 6.54 Å². The van der Waals surface area contributed by atoms with E-state index in [1.807, 2.05) is 0 Å². The molecule has 1 saturated heterocycles. The van der Waals surface area contributed by atoms with Crippen LogP contribution >= 0.6 is 0 Å². The van der Waals surface area contributed by atoms with E-state index in [9.17, 15) is 28.8 Å². The molecule has 12 heteroatoms. The largest absolute Gasteiger partial charge is 0.458 e. The van der Waals surface area contributed by atoms with Gasteiger partial charge in [0.05, 0.1) is 6.04 Å². The first-order valence-corrected chi connectivity index (χ1v) is 16.3. The van der Waals surface area contributed by atoms with E-state index < -0.39 is 70.7 Å². The maximum Gasteiger partial charge on any atom is 0.328 e. The summed E-state index contributed by atoms with van der Waals surface area (Å²) >= 11 is 0. The first-order chi connectivity index (χ1) is 20.5. The van der Waals surface area contributed by atoms with Gasteiger partial charge in [0.1, 0.15) is 23.7 Å².